The maximum atomic E-state index is 12.8. The predicted octanol–water partition coefficient (Wildman–Crippen LogP) is 3.54. The van der Waals surface area contributed by atoms with Gasteiger partial charge in [-0.15, -0.1) is 0 Å². The number of dihydropyridines is 1. The summed E-state index contributed by atoms with van der Waals surface area (Å²) in [5.74, 6) is -0.819. The molecule has 26 heavy (non-hydrogen) atoms. The van der Waals surface area contributed by atoms with Crippen molar-refractivity contribution in [3.8, 4) is 0 Å². The second-order valence-electron chi connectivity index (χ2n) is 7.03. The van der Waals surface area contributed by atoms with Crippen LogP contribution in [0.25, 0.3) is 0 Å². The maximum absolute atomic E-state index is 12.8. The SMILES string of the molecule is CC1=CC(C)=NC(=O)C1CNC(=O)c1cc(Cl)cc(N2CCCC2)c1C. The number of halogens is 1. The van der Waals surface area contributed by atoms with Crippen LogP contribution >= 0.6 is 11.6 Å². The number of anilines is 1. The molecule has 0 radical (unpaired) electrons. The zero-order chi connectivity index (χ0) is 18.8. The average molecular weight is 374 g/mol. The minimum absolute atomic E-state index is 0.205. The fraction of sp³-hybridized carbons (Fsp3) is 0.450. The first-order valence-electron chi connectivity index (χ1n) is 8.97. The van der Waals surface area contributed by atoms with Gasteiger partial charge in [-0.3, -0.25) is 9.59 Å². The van der Waals surface area contributed by atoms with Crippen LogP contribution in [0.5, 0.6) is 0 Å². The van der Waals surface area contributed by atoms with Gasteiger partial charge in [0, 0.05) is 41.6 Å². The van der Waals surface area contributed by atoms with Crippen LogP contribution in [0.15, 0.2) is 28.8 Å². The van der Waals surface area contributed by atoms with Crippen LogP contribution < -0.4 is 10.2 Å². The Morgan fingerprint density at radius 3 is 2.62 bits per heavy atom. The summed E-state index contributed by atoms with van der Waals surface area (Å²) in [6.45, 7) is 7.85. The molecular weight excluding hydrogens is 350 g/mol. The van der Waals surface area contributed by atoms with Crippen LogP contribution in [-0.4, -0.2) is 37.2 Å². The summed E-state index contributed by atoms with van der Waals surface area (Å²) in [6, 6.07) is 3.62. The molecule has 1 saturated heterocycles. The molecule has 2 amide bonds. The van der Waals surface area contributed by atoms with E-state index in [1.54, 1.807) is 13.0 Å². The highest BCUT2D eigenvalue weighted by molar-refractivity contribution is 6.31. The summed E-state index contributed by atoms with van der Waals surface area (Å²) < 4.78 is 0. The number of allylic oxidation sites excluding steroid dienone is 1. The Labute approximate surface area is 159 Å². The molecule has 5 nitrogen and oxygen atoms in total. The van der Waals surface area contributed by atoms with Crippen molar-refractivity contribution < 1.29 is 9.59 Å². The van der Waals surface area contributed by atoms with Crippen LogP contribution in [0.1, 0.15) is 42.6 Å². The van der Waals surface area contributed by atoms with Crippen molar-refractivity contribution >= 4 is 34.8 Å². The molecule has 1 aromatic rings. The lowest BCUT2D eigenvalue weighted by molar-refractivity contribution is -0.120. The molecule has 0 bridgehead atoms. The monoisotopic (exact) mass is 373 g/mol. The van der Waals surface area contributed by atoms with Gasteiger partial charge in [-0.05, 0) is 57.4 Å². The van der Waals surface area contributed by atoms with Crippen LogP contribution in [0.2, 0.25) is 5.02 Å². The molecule has 0 aromatic heterocycles. The number of hydrogen-bond donors (Lipinski definition) is 1. The predicted molar refractivity (Wildman–Crippen MR) is 105 cm³/mol. The van der Waals surface area contributed by atoms with Crippen molar-refractivity contribution in [3.05, 3.63) is 39.9 Å². The second kappa shape index (κ2) is 7.62. The Bertz CT molecular complexity index is 808. The lowest BCUT2D eigenvalue weighted by atomic mass is 9.95. The molecule has 0 saturated carbocycles. The Kier molecular flexibility index (Phi) is 5.47. The van der Waals surface area contributed by atoms with Crippen molar-refractivity contribution in [2.75, 3.05) is 24.5 Å². The number of hydrogen-bond acceptors (Lipinski definition) is 3. The summed E-state index contributed by atoms with van der Waals surface area (Å²) in [5.41, 5.74) is 4.12. The van der Waals surface area contributed by atoms with E-state index in [0.717, 1.165) is 42.8 Å². The first kappa shape index (κ1) is 18.6. The number of nitrogens with one attached hydrogen (secondary N) is 1. The van der Waals surface area contributed by atoms with E-state index in [4.69, 9.17) is 11.6 Å². The molecule has 1 fully saturated rings. The normalized spacial score (nSPS) is 20.1. The zero-order valence-corrected chi connectivity index (χ0v) is 16.2. The summed E-state index contributed by atoms with van der Waals surface area (Å²) in [7, 11) is 0. The molecule has 3 rings (SSSR count). The largest absolute Gasteiger partial charge is 0.371 e. The minimum atomic E-state index is -0.403. The molecule has 0 spiro atoms. The Morgan fingerprint density at radius 2 is 1.96 bits per heavy atom. The Morgan fingerprint density at radius 1 is 1.27 bits per heavy atom. The van der Waals surface area contributed by atoms with Gasteiger partial charge in [-0.25, -0.2) is 4.99 Å². The molecule has 1 N–H and O–H groups in total. The van der Waals surface area contributed by atoms with Gasteiger partial charge in [0.05, 0.1) is 5.92 Å². The maximum Gasteiger partial charge on any atom is 0.254 e. The first-order chi connectivity index (χ1) is 12.4. The zero-order valence-electron chi connectivity index (χ0n) is 15.4. The van der Waals surface area contributed by atoms with Gasteiger partial charge < -0.3 is 10.2 Å². The fourth-order valence-corrected chi connectivity index (χ4v) is 3.85. The molecule has 2 heterocycles. The van der Waals surface area contributed by atoms with Gasteiger partial charge in [0.1, 0.15) is 0 Å². The summed E-state index contributed by atoms with van der Waals surface area (Å²) >= 11 is 6.27. The molecular formula is C20H24ClN3O2. The fourth-order valence-electron chi connectivity index (χ4n) is 3.63. The molecule has 6 heteroatoms. The van der Waals surface area contributed by atoms with Gasteiger partial charge >= 0.3 is 0 Å². The van der Waals surface area contributed by atoms with Crippen molar-refractivity contribution in [2.45, 2.75) is 33.6 Å². The minimum Gasteiger partial charge on any atom is -0.371 e. The molecule has 1 atom stereocenters. The van der Waals surface area contributed by atoms with Crippen LogP contribution in [0, 0.1) is 12.8 Å². The number of carbonyl (C=O) groups excluding carboxylic acids is 2. The number of rotatable bonds is 4. The van der Waals surface area contributed by atoms with Gasteiger partial charge in [-0.2, -0.15) is 0 Å². The molecule has 2 aliphatic heterocycles. The first-order valence-corrected chi connectivity index (χ1v) is 9.35. The molecule has 2 aliphatic rings. The highest BCUT2D eigenvalue weighted by Crippen LogP contribution is 2.30. The van der Waals surface area contributed by atoms with Crippen molar-refractivity contribution in [3.63, 3.8) is 0 Å². The van der Waals surface area contributed by atoms with Gasteiger partial charge in [-0.1, -0.05) is 17.2 Å². The highest BCUT2D eigenvalue weighted by atomic mass is 35.5. The standard InChI is InChI=1S/C20H24ClN3O2/c1-12-8-13(2)23-20(26)17(12)11-22-19(25)16-9-15(21)10-18(14(16)3)24-6-4-5-7-24/h8-10,17H,4-7,11H2,1-3H3,(H,22,25). The Balaban J connectivity index is 1.76. The van der Waals surface area contributed by atoms with Crippen LogP contribution in [0.4, 0.5) is 5.69 Å². The topological polar surface area (TPSA) is 61.8 Å². The van der Waals surface area contributed by atoms with Crippen molar-refractivity contribution in [2.24, 2.45) is 10.9 Å². The van der Waals surface area contributed by atoms with Crippen molar-refractivity contribution in [1.29, 1.82) is 0 Å². The van der Waals surface area contributed by atoms with E-state index in [1.165, 1.54) is 0 Å². The lowest BCUT2D eigenvalue weighted by Crippen LogP contribution is -2.35. The van der Waals surface area contributed by atoms with Gasteiger partial charge in [0.2, 0.25) is 0 Å². The van der Waals surface area contributed by atoms with E-state index >= 15 is 0 Å². The average Bonchev–Trinajstić information content (AvgIpc) is 3.09. The summed E-state index contributed by atoms with van der Waals surface area (Å²) in [6.07, 6.45) is 4.19. The van der Waals surface area contributed by atoms with E-state index in [-0.39, 0.29) is 18.4 Å². The third-order valence-corrected chi connectivity index (χ3v) is 5.29. The highest BCUT2D eigenvalue weighted by Gasteiger charge is 2.25. The van der Waals surface area contributed by atoms with Crippen LogP contribution in [-0.2, 0) is 4.79 Å². The third-order valence-electron chi connectivity index (χ3n) is 5.07. The number of amides is 2. The smallest absolute Gasteiger partial charge is 0.254 e. The third kappa shape index (κ3) is 3.83. The summed E-state index contributed by atoms with van der Waals surface area (Å²) in [5, 5.41) is 3.43. The molecule has 1 aromatic carbocycles. The number of benzene rings is 1. The molecule has 1 unspecified atom stereocenters. The van der Waals surface area contributed by atoms with Crippen LogP contribution in [0.3, 0.4) is 0 Å². The molecule has 138 valence electrons. The van der Waals surface area contributed by atoms with Crippen molar-refractivity contribution in [1.82, 2.24) is 5.32 Å². The molecule has 0 aliphatic carbocycles. The van der Waals surface area contributed by atoms with E-state index in [9.17, 15) is 9.59 Å². The summed E-state index contributed by atoms with van der Waals surface area (Å²) in [4.78, 5) is 31.1. The number of nitrogens with zero attached hydrogens (tertiary/aromatic N) is 2. The van der Waals surface area contributed by atoms with E-state index in [2.05, 4.69) is 15.2 Å². The van der Waals surface area contributed by atoms with Gasteiger partial charge in [0.25, 0.3) is 11.8 Å². The van der Waals surface area contributed by atoms with E-state index < -0.39 is 5.92 Å². The Hall–Kier alpha value is -2.14. The lowest BCUT2D eigenvalue weighted by Gasteiger charge is -2.23. The second-order valence-corrected chi connectivity index (χ2v) is 7.47. The van der Waals surface area contributed by atoms with E-state index in [1.807, 2.05) is 26.0 Å². The quantitative estimate of drug-likeness (QED) is 0.878. The number of carbonyl (C=O) groups is 2. The number of aliphatic imine (C=N–C) groups is 1. The van der Waals surface area contributed by atoms with E-state index in [0.29, 0.717) is 16.3 Å². The van der Waals surface area contributed by atoms with Gasteiger partial charge in [0.15, 0.2) is 0 Å².